The van der Waals surface area contributed by atoms with Gasteiger partial charge in [-0.3, -0.25) is 14.7 Å². The first kappa shape index (κ1) is 34.7. The molecule has 7 unspecified atom stereocenters. The molecule has 1 saturated heterocycles. The molecule has 256 valence electrons. The molecule has 3 aliphatic carbocycles. The van der Waals surface area contributed by atoms with Crippen molar-refractivity contribution >= 4 is 29.4 Å². The van der Waals surface area contributed by atoms with Gasteiger partial charge < -0.3 is 24.4 Å². The fourth-order valence-corrected chi connectivity index (χ4v) is 8.55. The molecule has 2 heterocycles. The molecule has 0 radical (unpaired) electrons. The van der Waals surface area contributed by atoms with E-state index in [-0.39, 0.29) is 72.0 Å². The molecule has 0 aromatic heterocycles. The lowest BCUT2D eigenvalue weighted by Crippen LogP contribution is -2.60. The van der Waals surface area contributed by atoms with Gasteiger partial charge >= 0.3 is 12.2 Å². The van der Waals surface area contributed by atoms with E-state index in [1.165, 1.54) is 0 Å². The number of ether oxygens (including phenoxy) is 3. The number of alkyl halides is 4. The molecular formula is C32H50ClF3N4O5. The average molecular weight is 663 g/mol. The topological polar surface area (TPSA) is 92.7 Å². The first-order chi connectivity index (χ1) is 21.4. The number of halogens is 4. The van der Waals surface area contributed by atoms with Crippen LogP contribution in [0, 0.1) is 17.8 Å². The summed E-state index contributed by atoms with van der Waals surface area (Å²) in [4.78, 5) is 36.0. The second kappa shape index (κ2) is 15.1. The van der Waals surface area contributed by atoms with Gasteiger partial charge in [0, 0.05) is 37.9 Å². The van der Waals surface area contributed by atoms with Crippen molar-refractivity contribution < 1.29 is 37.0 Å². The fourth-order valence-electron chi connectivity index (χ4n) is 8.30. The van der Waals surface area contributed by atoms with Gasteiger partial charge in [-0.05, 0) is 83.5 Å². The highest BCUT2D eigenvalue weighted by molar-refractivity contribution is 6.20. The van der Waals surface area contributed by atoms with Gasteiger partial charge in [0.15, 0.2) is 0 Å². The summed E-state index contributed by atoms with van der Waals surface area (Å²) in [5.74, 6) is 0.450. The molecule has 0 spiro atoms. The zero-order chi connectivity index (χ0) is 32.3. The van der Waals surface area contributed by atoms with Crippen LogP contribution in [0.2, 0.25) is 0 Å². The Kier molecular flexibility index (Phi) is 11.6. The van der Waals surface area contributed by atoms with E-state index in [0.717, 1.165) is 51.4 Å². The number of rotatable bonds is 8. The van der Waals surface area contributed by atoms with Crippen LogP contribution in [-0.2, 0) is 19.0 Å². The largest absolute Gasteiger partial charge is 0.411 e. The molecule has 0 bridgehead atoms. The number of amidine groups is 1. The third kappa shape index (κ3) is 8.65. The number of carbonyl (C=O) groups is 2. The van der Waals surface area contributed by atoms with Crippen LogP contribution in [-0.4, -0.2) is 109 Å². The minimum absolute atomic E-state index is 0.0203. The van der Waals surface area contributed by atoms with Crippen LogP contribution >= 0.6 is 11.6 Å². The maximum atomic E-state index is 14.6. The Labute approximate surface area is 269 Å². The summed E-state index contributed by atoms with van der Waals surface area (Å²) in [6, 6.07) is -0.772. The number of nitrogens with zero attached hydrogens (tertiary/aromatic N) is 3. The summed E-state index contributed by atoms with van der Waals surface area (Å²) in [6.07, 6.45) is 3.05. The number of methoxy groups -OCH3 is 1. The predicted octanol–water partition coefficient (Wildman–Crippen LogP) is 5.53. The van der Waals surface area contributed by atoms with Gasteiger partial charge in [-0.15, -0.1) is 11.6 Å². The first-order valence-corrected chi connectivity index (χ1v) is 17.3. The van der Waals surface area contributed by atoms with Crippen molar-refractivity contribution in [1.29, 1.82) is 0 Å². The van der Waals surface area contributed by atoms with Gasteiger partial charge in [0.2, 0.25) is 5.91 Å². The molecule has 3 saturated carbocycles. The van der Waals surface area contributed by atoms with Gasteiger partial charge in [0.1, 0.15) is 19.0 Å². The van der Waals surface area contributed by atoms with Crippen molar-refractivity contribution in [2.24, 2.45) is 22.7 Å². The Bertz CT molecular complexity index is 1060. The second-order valence-electron chi connectivity index (χ2n) is 13.9. The lowest BCUT2D eigenvalue weighted by atomic mass is 9.73. The lowest BCUT2D eigenvalue weighted by molar-refractivity contribution is -0.189. The van der Waals surface area contributed by atoms with E-state index in [9.17, 15) is 22.8 Å². The van der Waals surface area contributed by atoms with Crippen LogP contribution in [0.25, 0.3) is 0 Å². The normalized spacial score (nSPS) is 36.7. The number of carbonyl (C=O) groups excluding carboxylic acids is 2. The number of amides is 3. The summed E-state index contributed by atoms with van der Waals surface area (Å²) < 4.78 is 56.8. The lowest BCUT2D eigenvalue weighted by Gasteiger charge is -2.44. The number of aliphatic imine (C=N–C) groups is 1. The molecule has 0 aromatic rings. The number of hydrogen-bond donors (Lipinski definition) is 1. The summed E-state index contributed by atoms with van der Waals surface area (Å²) in [6.45, 7) is 3.50. The molecule has 1 N–H and O–H groups in total. The number of nitrogens with one attached hydrogen (secondary N) is 1. The second-order valence-corrected chi connectivity index (χ2v) is 14.5. The molecule has 5 aliphatic rings. The van der Waals surface area contributed by atoms with Crippen molar-refractivity contribution in [1.82, 2.24) is 15.1 Å². The van der Waals surface area contributed by atoms with E-state index >= 15 is 0 Å². The molecule has 9 nitrogen and oxygen atoms in total. The average Bonchev–Trinajstić information content (AvgIpc) is 3.40. The summed E-state index contributed by atoms with van der Waals surface area (Å²) in [5.41, 5.74) is 0. The van der Waals surface area contributed by atoms with Crippen molar-refractivity contribution in [3.63, 3.8) is 0 Å². The predicted molar refractivity (Wildman–Crippen MR) is 164 cm³/mol. The minimum Gasteiger partial charge on any atom is -0.381 e. The van der Waals surface area contributed by atoms with Crippen LogP contribution < -0.4 is 5.32 Å². The van der Waals surface area contributed by atoms with Crippen molar-refractivity contribution in [3.8, 4) is 0 Å². The summed E-state index contributed by atoms with van der Waals surface area (Å²) in [5, 5.41) is 2.90. The van der Waals surface area contributed by atoms with Crippen LogP contribution in [0.3, 0.4) is 0 Å². The Morgan fingerprint density at radius 1 is 1.04 bits per heavy atom. The molecular weight excluding hydrogens is 613 g/mol. The zero-order valence-electron chi connectivity index (χ0n) is 26.8. The number of piperazine rings is 1. The fraction of sp³-hybridized carbons (Fsp3) is 0.906. The van der Waals surface area contributed by atoms with E-state index in [1.807, 2.05) is 18.7 Å². The molecule has 4 fully saturated rings. The molecule has 2 aliphatic heterocycles. The molecule has 3 amide bonds. The third-order valence-electron chi connectivity index (χ3n) is 10.4. The monoisotopic (exact) mass is 662 g/mol. The molecule has 5 rings (SSSR count). The van der Waals surface area contributed by atoms with Gasteiger partial charge in [0.25, 0.3) is 0 Å². The SMILES string of the molecule is COC1CCC(C2=NC(C3CCCC(OCC(F)(F)F)C3)C(C3CCC(Cl)CC3)N2C(=O)N2CCNC(=O)C2)C(OC(C)C)C1. The minimum atomic E-state index is -4.38. The highest BCUT2D eigenvalue weighted by Crippen LogP contribution is 2.45. The van der Waals surface area contributed by atoms with E-state index in [1.54, 1.807) is 12.0 Å². The molecule has 0 aromatic carbocycles. The van der Waals surface area contributed by atoms with E-state index < -0.39 is 18.9 Å². The smallest absolute Gasteiger partial charge is 0.381 e. The van der Waals surface area contributed by atoms with Crippen LogP contribution in [0.5, 0.6) is 0 Å². The van der Waals surface area contributed by atoms with Gasteiger partial charge in [-0.25, -0.2) is 4.79 Å². The molecule has 45 heavy (non-hydrogen) atoms. The zero-order valence-corrected chi connectivity index (χ0v) is 27.5. The Morgan fingerprint density at radius 3 is 2.47 bits per heavy atom. The first-order valence-electron chi connectivity index (χ1n) is 16.9. The standard InChI is InChI=1S/C32H50ClF3N4O5/c1-19(2)45-26-16-23(43-3)11-12-25(26)30-38-28(21-5-4-6-24(15-21)44-18-32(34,35)36)29(20-7-9-22(33)10-8-20)40(30)31(42)39-14-13-37-27(41)17-39/h19-26,28-29H,4-18H2,1-3H3,(H,37,41). The van der Waals surface area contributed by atoms with Gasteiger partial charge in [-0.1, -0.05) is 6.42 Å². The van der Waals surface area contributed by atoms with Crippen molar-refractivity contribution in [3.05, 3.63) is 0 Å². The van der Waals surface area contributed by atoms with Crippen LogP contribution in [0.15, 0.2) is 4.99 Å². The summed E-state index contributed by atoms with van der Waals surface area (Å²) in [7, 11) is 1.71. The van der Waals surface area contributed by atoms with E-state index in [2.05, 4.69) is 5.32 Å². The van der Waals surface area contributed by atoms with Gasteiger partial charge in [0.05, 0.1) is 36.5 Å². The maximum absolute atomic E-state index is 14.6. The van der Waals surface area contributed by atoms with Crippen molar-refractivity contribution in [2.75, 3.05) is 33.4 Å². The highest BCUT2D eigenvalue weighted by atomic mass is 35.5. The Morgan fingerprint density at radius 2 is 1.80 bits per heavy atom. The van der Waals surface area contributed by atoms with Crippen molar-refractivity contribution in [2.45, 2.75) is 133 Å². The quantitative estimate of drug-likeness (QED) is 0.345. The van der Waals surface area contributed by atoms with E-state index in [0.29, 0.717) is 38.2 Å². The summed E-state index contributed by atoms with van der Waals surface area (Å²) >= 11 is 6.55. The Balaban J connectivity index is 1.52. The van der Waals surface area contributed by atoms with Crippen LogP contribution in [0.1, 0.15) is 84.5 Å². The molecule has 7 atom stereocenters. The third-order valence-corrected chi connectivity index (χ3v) is 10.8. The highest BCUT2D eigenvalue weighted by Gasteiger charge is 2.53. The Hall–Kier alpha value is -1.63. The van der Waals surface area contributed by atoms with E-state index in [4.69, 9.17) is 30.8 Å². The number of hydrogen-bond acceptors (Lipinski definition) is 6. The maximum Gasteiger partial charge on any atom is 0.411 e. The van der Waals surface area contributed by atoms with Crippen LogP contribution in [0.4, 0.5) is 18.0 Å². The number of urea groups is 1. The van der Waals surface area contributed by atoms with Gasteiger partial charge in [-0.2, -0.15) is 13.2 Å². The molecule has 13 heteroatoms.